The first-order valence-corrected chi connectivity index (χ1v) is 10.9. The molecule has 1 aromatic heterocycles. The highest BCUT2D eigenvalue weighted by Gasteiger charge is 2.47. The lowest BCUT2D eigenvalue weighted by molar-refractivity contribution is 0.242. The molecule has 2 aliphatic rings. The molecule has 2 unspecified atom stereocenters. The summed E-state index contributed by atoms with van der Waals surface area (Å²) < 4.78 is 28.0. The highest BCUT2D eigenvalue weighted by molar-refractivity contribution is 7.90. The molecule has 2 atom stereocenters. The maximum atomic E-state index is 13.6. The van der Waals surface area contributed by atoms with E-state index >= 15 is 0 Å². The number of nitrogens with zero attached hydrogens (tertiary/aromatic N) is 4. The second-order valence-electron chi connectivity index (χ2n) is 7.26. The molecule has 0 saturated carbocycles. The van der Waals surface area contributed by atoms with Crippen LogP contribution in [0.15, 0.2) is 75.8 Å². The maximum Gasteiger partial charge on any atom is 0.343 e. The van der Waals surface area contributed by atoms with E-state index < -0.39 is 28.0 Å². The van der Waals surface area contributed by atoms with Crippen molar-refractivity contribution in [2.45, 2.75) is 17.9 Å². The second kappa shape index (κ2) is 6.88. The Morgan fingerprint density at radius 2 is 1.84 bits per heavy atom. The molecule has 2 N–H and O–H groups in total. The number of carbonyl (C=O) groups is 1. The number of nitrogens with one attached hydrogen (secondary N) is 1. The number of aromatic nitrogens is 1. The molecule has 0 radical (unpaired) electrons. The first-order chi connectivity index (χ1) is 14.9. The molecule has 31 heavy (non-hydrogen) atoms. The summed E-state index contributed by atoms with van der Waals surface area (Å²) in [5.41, 5.74) is 1.49. The Balaban J connectivity index is 1.64. The van der Waals surface area contributed by atoms with Gasteiger partial charge in [0.15, 0.2) is 5.84 Å². The summed E-state index contributed by atoms with van der Waals surface area (Å²) in [5.74, 6) is -0.622. The van der Waals surface area contributed by atoms with Gasteiger partial charge in [0, 0.05) is 17.3 Å². The number of hydrogen-bond acceptors (Lipinski definition) is 6. The smallest absolute Gasteiger partial charge is 0.343 e. The van der Waals surface area contributed by atoms with Crippen molar-refractivity contribution in [1.29, 1.82) is 0 Å². The first kappa shape index (κ1) is 19.2. The van der Waals surface area contributed by atoms with Gasteiger partial charge in [0.1, 0.15) is 11.3 Å². The minimum Gasteiger partial charge on any atom is -0.506 e. The van der Waals surface area contributed by atoms with Crippen molar-refractivity contribution in [1.82, 2.24) is 14.7 Å². The zero-order chi connectivity index (χ0) is 21.8. The third kappa shape index (κ3) is 2.95. The number of phenols is 1. The van der Waals surface area contributed by atoms with Crippen molar-refractivity contribution in [3.63, 3.8) is 0 Å². The van der Waals surface area contributed by atoms with Gasteiger partial charge in [-0.05, 0) is 36.8 Å². The summed E-state index contributed by atoms with van der Waals surface area (Å²) >= 11 is 0. The van der Waals surface area contributed by atoms with Crippen LogP contribution in [0.1, 0.15) is 18.5 Å². The monoisotopic (exact) mass is 435 g/mol. The van der Waals surface area contributed by atoms with E-state index in [1.165, 1.54) is 18.3 Å². The molecule has 0 aliphatic carbocycles. The van der Waals surface area contributed by atoms with Crippen LogP contribution in [0, 0.1) is 5.92 Å². The van der Waals surface area contributed by atoms with Gasteiger partial charge in [0.25, 0.3) is 10.0 Å². The Morgan fingerprint density at radius 1 is 1.06 bits per heavy atom. The molecule has 0 spiro atoms. The standard InChI is InChI=1S/C21H17N5O4S/c1-12-17-18(13-6-3-2-4-7-13)23-21(28)24-20(17)26(25-12)31(29,30)16-10-9-15(27)19-14(16)8-5-11-22-19/h2-11,17-18,27H,1H3,(H,23,28). The Labute approximate surface area is 177 Å². The number of benzene rings is 2. The summed E-state index contributed by atoms with van der Waals surface area (Å²) in [5, 5.41) is 17.4. The molecule has 156 valence electrons. The fourth-order valence-corrected chi connectivity index (χ4v) is 5.49. The van der Waals surface area contributed by atoms with E-state index in [1.54, 1.807) is 19.1 Å². The SMILES string of the molecule is CC1=NN(S(=O)(=O)c2ccc(O)c3ncccc23)C2=NC(=O)NC(c3ccccc3)C12. The van der Waals surface area contributed by atoms with Crippen LogP contribution in [-0.2, 0) is 10.0 Å². The van der Waals surface area contributed by atoms with Crippen LogP contribution in [0.25, 0.3) is 10.9 Å². The van der Waals surface area contributed by atoms with Crippen LogP contribution in [-0.4, -0.2) is 40.5 Å². The predicted molar refractivity (Wildman–Crippen MR) is 114 cm³/mol. The number of aliphatic imine (C=N–C) groups is 1. The number of hydrazone groups is 1. The number of fused-ring (bicyclic) bond motifs is 2. The van der Waals surface area contributed by atoms with Crippen LogP contribution < -0.4 is 5.32 Å². The van der Waals surface area contributed by atoms with Crippen LogP contribution in [0.5, 0.6) is 5.75 Å². The number of hydrogen-bond donors (Lipinski definition) is 2. The number of amides is 2. The Bertz CT molecular complexity index is 1390. The minimum atomic E-state index is -4.23. The van der Waals surface area contributed by atoms with Gasteiger partial charge in [-0.25, -0.2) is 4.79 Å². The molecule has 0 saturated heterocycles. The second-order valence-corrected chi connectivity index (χ2v) is 8.99. The van der Waals surface area contributed by atoms with E-state index in [0.717, 1.165) is 9.98 Å². The number of pyridine rings is 1. The summed E-state index contributed by atoms with van der Waals surface area (Å²) in [6, 6.07) is 13.8. The van der Waals surface area contributed by atoms with Crippen LogP contribution in [0.3, 0.4) is 0 Å². The molecule has 2 aliphatic heterocycles. The fraction of sp³-hybridized carbons (Fsp3) is 0.143. The topological polar surface area (TPSA) is 124 Å². The molecule has 3 heterocycles. The zero-order valence-corrected chi connectivity index (χ0v) is 17.1. The van der Waals surface area contributed by atoms with Crippen molar-refractivity contribution in [2.24, 2.45) is 16.0 Å². The van der Waals surface area contributed by atoms with Crippen LogP contribution >= 0.6 is 0 Å². The number of amidine groups is 1. The van der Waals surface area contributed by atoms with Gasteiger partial charge in [-0.15, -0.1) is 4.41 Å². The molecule has 0 bridgehead atoms. The molecule has 10 heteroatoms. The predicted octanol–water partition coefficient (Wildman–Crippen LogP) is 2.80. The van der Waals surface area contributed by atoms with Gasteiger partial charge in [0.2, 0.25) is 0 Å². The average molecular weight is 435 g/mol. The third-order valence-corrected chi connectivity index (χ3v) is 7.01. The molecule has 9 nitrogen and oxygen atoms in total. The number of urea groups is 1. The van der Waals surface area contributed by atoms with Gasteiger partial charge in [0.05, 0.1) is 16.9 Å². The normalized spacial score (nSPS) is 20.8. The molecule has 5 rings (SSSR count). The van der Waals surface area contributed by atoms with Gasteiger partial charge in [-0.1, -0.05) is 30.3 Å². The fourth-order valence-electron chi connectivity index (χ4n) is 3.98. The number of rotatable bonds is 3. The first-order valence-electron chi connectivity index (χ1n) is 9.49. The highest BCUT2D eigenvalue weighted by Crippen LogP contribution is 2.37. The van der Waals surface area contributed by atoms with Gasteiger partial charge >= 0.3 is 6.03 Å². The number of aromatic hydroxyl groups is 1. The molecule has 3 aromatic rings. The molecule has 0 fully saturated rings. The number of phenolic OH excluding ortho intramolecular Hbond substituents is 1. The van der Waals surface area contributed by atoms with Crippen molar-refractivity contribution in [3.05, 3.63) is 66.4 Å². The molecule has 2 aromatic carbocycles. The maximum absolute atomic E-state index is 13.6. The summed E-state index contributed by atoms with van der Waals surface area (Å²) in [6.45, 7) is 1.71. The lowest BCUT2D eigenvalue weighted by Gasteiger charge is -2.29. The summed E-state index contributed by atoms with van der Waals surface area (Å²) in [7, 11) is -4.23. The van der Waals surface area contributed by atoms with Crippen LogP contribution in [0.2, 0.25) is 0 Å². The highest BCUT2D eigenvalue weighted by atomic mass is 32.2. The van der Waals surface area contributed by atoms with E-state index in [-0.39, 0.29) is 27.4 Å². The van der Waals surface area contributed by atoms with E-state index in [1.807, 2.05) is 30.3 Å². The van der Waals surface area contributed by atoms with E-state index in [2.05, 4.69) is 20.4 Å². The Morgan fingerprint density at radius 3 is 2.61 bits per heavy atom. The van der Waals surface area contributed by atoms with Gasteiger partial charge < -0.3 is 10.4 Å². The van der Waals surface area contributed by atoms with E-state index in [9.17, 15) is 18.3 Å². The van der Waals surface area contributed by atoms with Crippen molar-refractivity contribution in [3.8, 4) is 5.75 Å². The van der Waals surface area contributed by atoms with E-state index in [0.29, 0.717) is 5.71 Å². The number of carbonyl (C=O) groups excluding carboxylic acids is 1. The van der Waals surface area contributed by atoms with Gasteiger partial charge in [-0.2, -0.15) is 18.5 Å². The van der Waals surface area contributed by atoms with E-state index in [4.69, 9.17) is 0 Å². The Hall–Kier alpha value is -3.79. The Kier molecular flexibility index (Phi) is 4.26. The summed E-state index contributed by atoms with van der Waals surface area (Å²) in [6.07, 6.45) is 1.46. The zero-order valence-electron chi connectivity index (χ0n) is 16.3. The van der Waals surface area contributed by atoms with Crippen molar-refractivity contribution < 1.29 is 18.3 Å². The molecule has 2 amide bonds. The molecular weight excluding hydrogens is 418 g/mol. The summed E-state index contributed by atoms with van der Waals surface area (Å²) in [4.78, 5) is 20.3. The largest absolute Gasteiger partial charge is 0.506 e. The average Bonchev–Trinajstić information content (AvgIpc) is 3.11. The third-order valence-electron chi connectivity index (χ3n) is 5.37. The lowest BCUT2D eigenvalue weighted by atomic mass is 9.88. The van der Waals surface area contributed by atoms with Crippen LogP contribution in [0.4, 0.5) is 4.79 Å². The minimum absolute atomic E-state index is 0.0419. The lowest BCUT2D eigenvalue weighted by Crippen LogP contribution is -2.46. The van der Waals surface area contributed by atoms with Crippen molar-refractivity contribution >= 4 is 38.5 Å². The molecular formula is C21H17N5O4S. The van der Waals surface area contributed by atoms with Crippen molar-refractivity contribution in [2.75, 3.05) is 0 Å². The number of sulfonamides is 1. The van der Waals surface area contributed by atoms with Gasteiger partial charge in [-0.3, -0.25) is 4.98 Å². The quantitative estimate of drug-likeness (QED) is 0.655.